The second kappa shape index (κ2) is 20.1. The normalized spacial score (nSPS) is 8.75. The largest absolute Gasteiger partial charge is 0.394 e. The summed E-state index contributed by atoms with van der Waals surface area (Å²) in [4.78, 5) is 9.81. The third kappa shape index (κ3) is 68.6. The molecule has 0 rings (SSSR count). The van der Waals surface area contributed by atoms with Gasteiger partial charge in [0.15, 0.2) is 0 Å². The molecule has 0 amide bonds. The highest BCUT2D eigenvalue weighted by atomic mass is 16.3. The van der Waals surface area contributed by atoms with Crippen LogP contribution >= 0.6 is 0 Å². The Kier molecular flexibility index (Phi) is 26.3. The molecule has 0 aliphatic rings. The van der Waals surface area contributed by atoms with Crippen LogP contribution in [-0.4, -0.2) is 17.0 Å². The Morgan fingerprint density at radius 2 is 1.25 bits per heavy atom. The summed E-state index contributed by atoms with van der Waals surface area (Å²) in [6.07, 6.45) is 7.51. The first-order valence-corrected chi connectivity index (χ1v) is 6.59. The SMILES string of the molecule is CC(C)O.CCC(C)=O.CCCCCCC. The minimum absolute atomic E-state index is 0.167. The van der Waals surface area contributed by atoms with Gasteiger partial charge in [-0.3, -0.25) is 0 Å². The van der Waals surface area contributed by atoms with Crippen molar-refractivity contribution in [1.82, 2.24) is 0 Å². The molecule has 0 bridgehead atoms. The van der Waals surface area contributed by atoms with Gasteiger partial charge < -0.3 is 9.90 Å². The number of carbonyl (C=O) groups is 1. The van der Waals surface area contributed by atoms with Crippen LogP contribution in [0, 0.1) is 0 Å². The summed E-state index contributed by atoms with van der Waals surface area (Å²) in [6.45, 7) is 11.4. The molecule has 0 aliphatic carbocycles. The smallest absolute Gasteiger partial charge is 0.129 e. The quantitative estimate of drug-likeness (QED) is 0.716. The number of aliphatic hydroxyl groups is 1. The zero-order chi connectivity index (χ0) is 13.4. The van der Waals surface area contributed by atoms with E-state index in [0.717, 1.165) is 0 Å². The van der Waals surface area contributed by atoms with Crippen LogP contribution in [0.3, 0.4) is 0 Å². The Morgan fingerprint density at radius 1 is 1.00 bits per heavy atom. The highest BCUT2D eigenvalue weighted by Crippen LogP contribution is 2.00. The summed E-state index contributed by atoms with van der Waals surface area (Å²) in [7, 11) is 0. The van der Waals surface area contributed by atoms with Crippen molar-refractivity contribution in [2.75, 3.05) is 0 Å². The summed E-state index contributed by atoms with van der Waals surface area (Å²) in [5.74, 6) is 0.255. The molecular weight excluding hydrogens is 200 g/mol. The molecule has 0 heterocycles. The Labute approximate surface area is 102 Å². The van der Waals surface area contributed by atoms with Crippen molar-refractivity contribution in [1.29, 1.82) is 0 Å². The minimum atomic E-state index is -0.167. The number of aliphatic hydroxyl groups excluding tert-OH is 1. The van der Waals surface area contributed by atoms with Gasteiger partial charge >= 0.3 is 0 Å². The van der Waals surface area contributed by atoms with E-state index in [1.54, 1.807) is 20.8 Å². The summed E-state index contributed by atoms with van der Waals surface area (Å²) < 4.78 is 0. The minimum Gasteiger partial charge on any atom is -0.394 e. The Hall–Kier alpha value is -0.370. The van der Waals surface area contributed by atoms with Crippen LogP contribution in [0.1, 0.15) is 80.1 Å². The first-order chi connectivity index (χ1) is 7.42. The second-order valence-corrected chi connectivity index (χ2v) is 4.21. The molecule has 2 heteroatoms. The third-order valence-electron chi connectivity index (χ3n) is 1.70. The lowest BCUT2D eigenvalue weighted by Gasteiger charge is -1.90. The zero-order valence-electron chi connectivity index (χ0n) is 12.2. The van der Waals surface area contributed by atoms with E-state index in [2.05, 4.69) is 13.8 Å². The van der Waals surface area contributed by atoms with Crippen molar-refractivity contribution >= 4 is 5.78 Å². The van der Waals surface area contributed by atoms with Crippen LogP contribution in [0.5, 0.6) is 0 Å². The molecule has 0 spiro atoms. The van der Waals surface area contributed by atoms with Crippen LogP contribution in [0.2, 0.25) is 0 Å². The van der Waals surface area contributed by atoms with Crippen molar-refractivity contribution in [3.63, 3.8) is 0 Å². The van der Waals surface area contributed by atoms with E-state index < -0.39 is 0 Å². The summed E-state index contributed by atoms with van der Waals surface area (Å²) in [6, 6.07) is 0. The number of hydrogen-bond acceptors (Lipinski definition) is 2. The highest BCUT2D eigenvalue weighted by Gasteiger charge is 1.80. The standard InChI is InChI=1S/C7H16.C4H8O.C3H8O/c1-3-5-7-6-4-2;1-3-4(2)5;1-3(2)4/h3-7H2,1-2H3;3H2,1-2H3;3-4H,1-2H3. The Morgan fingerprint density at radius 3 is 1.38 bits per heavy atom. The Bertz CT molecular complexity index is 113. The topological polar surface area (TPSA) is 37.3 Å². The van der Waals surface area contributed by atoms with Crippen molar-refractivity contribution in [2.45, 2.75) is 86.2 Å². The van der Waals surface area contributed by atoms with Crippen molar-refractivity contribution < 1.29 is 9.90 Å². The molecule has 0 aromatic rings. The van der Waals surface area contributed by atoms with Gasteiger partial charge in [-0.05, 0) is 20.8 Å². The molecule has 0 aliphatic heterocycles. The molecule has 0 atom stereocenters. The fraction of sp³-hybridized carbons (Fsp3) is 0.929. The number of carbonyl (C=O) groups excluding carboxylic acids is 1. The summed E-state index contributed by atoms with van der Waals surface area (Å²) in [5, 5.41) is 8.06. The van der Waals surface area contributed by atoms with Crippen molar-refractivity contribution in [2.24, 2.45) is 0 Å². The average Bonchev–Trinajstić information content (AvgIpc) is 2.19. The average molecular weight is 232 g/mol. The van der Waals surface area contributed by atoms with E-state index in [1.165, 1.54) is 32.1 Å². The fourth-order valence-corrected chi connectivity index (χ4v) is 0.677. The molecular formula is C14H32O2. The van der Waals surface area contributed by atoms with Gasteiger partial charge in [0, 0.05) is 12.5 Å². The molecule has 16 heavy (non-hydrogen) atoms. The van der Waals surface area contributed by atoms with Gasteiger partial charge in [0.05, 0.1) is 0 Å². The van der Waals surface area contributed by atoms with Crippen LogP contribution in [0.25, 0.3) is 0 Å². The lowest BCUT2D eigenvalue weighted by atomic mass is 10.2. The summed E-state index contributed by atoms with van der Waals surface area (Å²) >= 11 is 0. The van der Waals surface area contributed by atoms with E-state index in [4.69, 9.17) is 5.11 Å². The van der Waals surface area contributed by atoms with Crippen LogP contribution < -0.4 is 0 Å². The van der Waals surface area contributed by atoms with Crippen LogP contribution in [0.4, 0.5) is 0 Å². The van der Waals surface area contributed by atoms with Crippen molar-refractivity contribution in [3.8, 4) is 0 Å². The monoisotopic (exact) mass is 232 g/mol. The number of Topliss-reactive ketones (excluding diaryl/α,β-unsaturated/α-hetero) is 1. The van der Waals surface area contributed by atoms with E-state index in [1.807, 2.05) is 6.92 Å². The second-order valence-electron chi connectivity index (χ2n) is 4.21. The predicted molar refractivity (Wildman–Crippen MR) is 72.8 cm³/mol. The van der Waals surface area contributed by atoms with Gasteiger partial charge in [-0.25, -0.2) is 0 Å². The van der Waals surface area contributed by atoms with Gasteiger partial charge in [-0.15, -0.1) is 0 Å². The fourth-order valence-electron chi connectivity index (χ4n) is 0.677. The molecule has 0 saturated carbocycles. The Balaban J connectivity index is -0.000000166. The van der Waals surface area contributed by atoms with Gasteiger partial charge in [0.25, 0.3) is 0 Å². The van der Waals surface area contributed by atoms with E-state index in [-0.39, 0.29) is 11.9 Å². The van der Waals surface area contributed by atoms with Gasteiger partial charge in [-0.2, -0.15) is 0 Å². The highest BCUT2D eigenvalue weighted by molar-refractivity contribution is 5.74. The van der Waals surface area contributed by atoms with Crippen LogP contribution in [-0.2, 0) is 4.79 Å². The predicted octanol–water partition coefficient (Wildman–Crippen LogP) is 4.35. The van der Waals surface area contributed by atoms with Gasteiger partial charge in [0.1, 0.15) is 5.78 Å². The molecule has 0 saturated heterocycles. The number of ketones is 1. The number of unbranched alkanes of at least 4 members (excludes halogenated alkanes) is 4. The van der Waals surface area contributed by atoms with Crippen LogP contribution in [0.15, 0.2) is 0 Å². The maximum Gasteiger partial charge on any atom is 0.129 e. The molecule has 0 unspecified atom stereocenters. The zero-order valence-corrected chi connectivity index (χ0v) is 12.2. The molecule has 0 aromatic carbocycles. The van der Waals surface area contributed by atoms with Gasteiger partial charge in [0.2, 0.25) is 0 Å². The van der Waals surface area contributed by atoms with Crippen molar-refractivity contribution in [3.05, 3.63) is 0 Å². The third-order valence-corrected chi connectivity index (χ3v) is 1.70. The maximum atomic E-state index is 9.81. The number of hydrogen-bond donors (Lipinski definition) is 1. The molecule has 0 aromatic heterocycles. The lowest BCUT2D eigenvalue weighted by molar-refractivity contribution is -0.116. The molecule has 1 N–H and O–H groups in total. The first-order valence-electron chi connectivity index (χ1n) is 6.59. The summed E-state index contributed by atoms with van der Waals surface area (Å²) in [5.41, 5.74) is 0. The van der Waals surface area contributed by atoms with E-state index in [9.17, 15) is 4.79 Å². The number of rotatable bonds is 5. The molecule has 0 fully saturated rings. The van der Waals surface area contributed by atoms with Gasteiger partial charge in [-0.1, -0.05) is 52.9 Å². The van der Waals surface area contributed by atoms with E-state index >= 15 is 0 Å². The molecule has 0 radical (unpaired) electrons. The lowest BCUT2D eigenvalue weighted by Crippen LogP contribution is -1.85. The molecule has 2 nitrogen and oxygen atoms in total. The molecule has 100 valence electrons. The van der Waals surface area contributed by atoms with E-state index in [0.29, 0.717) is 6.42 Å². The first kappa shape index (κ1) is 21.0. The maximum absolute atomic E-state index is 9.81.